The Morgan fingerprint density at radius 3 is 2.76 bits per heavy atom. The molecule has 0 unspecified atom stereocenters. The molecule has 1 aliphatic rings. The summed E-state index contributed by atoms with van der Waals surface area (Å²) in [7, 11) is 1.34. The highest BCUT2D eigenvalue weighted by Gasteiger charge is 2.25. The van der Waals surface area contributed by atoms with Gasteiger partial charge in [0.25, 0.3) is 0 Å². The summed E-state index contributed by atoms with van der Waals surface area (Å²) in [5, 5.41) is 0.889. The third-order valence-electron chi connectivity index (χ3n) is 6.06. The number of halogens is 2. The Morgan fingerprint density at radius 2 is 2.00 bits per heavy atom. The molecule has 174 valence electrons. The lowest BCUT2D eigenvalue weighted by Crippen LogP contribution is -2.35. The molecule has 5 rings (SSSR count). The van der Waals surface area contributed by atoms with Gasteiger partial charge in [0.1, 0.15) is 11.6 Å². The molecule has 2 aromatic carbocycles. The molecule has 2 aromatic heterocycles. The van der Waals surface area contributed by atoms with Gasteiger partial charge in [-0.05, 0) is 30.3 Å². The van der Waals surface area contributed by atoms with E-state index in [2.05, 4.69) is 9.97 Å². The first-order valence-corrected chi connectivity index (χ1v) is 10.8. The fraction of sp³-hybridized carbons (Fsp3) is 0.240. The molecule has 0 bridgehead atoms. The molecular weight excluding hydrogens is 444 g/mol. The number of aromatic amines is 1. The lowest BCUT2D eigenvalue weighted by Gasteiger charge is -2.27. The van der Waals surface area contributed by atoms with Crippen LogP contribution in [0.2, 0.25) is 0 Å². The maximum Gasteiger partial charge on any atom is 0.337 e. The number of aryl methyl sites for hydroxylation is 1. The lowest BCUT2D eigenvalue weighted by molar-refractivity contribution is -0.132. The number of nitrogens with zero attached hydrogens (tertiary/aromatic N) is 2. The first-order valence-electron chi connectivity index (χ1n) is 10.8. The van der Waals surface area contributed by atoms with Crippen LogP contribution in [0, 0.1) is 11.6 Å². The van der Waals surface area contributed by atoms with Gasteiger partial charge in [0.05, 0.1) is 24.4 Å². The van der Waals surface area contributed by atoms with Crippen LogP contribution in [0.5, 0.6) is 0 Å². The Kier molecular flexibility index (Phi) is 5.61. The van der Waals surface area contributed by atoms with Gasteiger partial charge in [-0.25, -0.2) is 18.6 Å². The highest BCUT2D eigenvalue weighted by molar-refractivity contribution is 5.96. The van der Waals surface area contributed by atoms with Crippen molar-refractivity contribution in [3.63, 3.8) is 0 Å². The molecule has 1 amide bonds. The smallest absolute Gasteiger partial charge is 0.337 e. The van der Waals surface area contributed by atoms with Gasteiger partial charge in [-0.15, -0.1) is 0 Å². The number of carbonyl (C=O) groups is 2. The van der Waals surface area contributed by atoms with E-state index in [4.69, 9.17) is 9.15 Å². The zero-order chi connectivity index (χ0) is 23.8. The SMILES string of the molecule is COC(=O)c1ccc2[nH]c3c(c2c1)CN(C(=O)CCc1ncc(-c2c(F)cccc2F)o1)CC3. The number of nitrogens with one attached hydrogen (secondary N) is 1. The first-order chi connectivity index (χ1) is 16.4. The van der Waals surface area contributed by atoms with Gasteiger partial charge < -0.3 is 19.0 Å². The number of carbonyl (C=O) groups excluding carboxylic acids is 2. The fourth-order valence-corrected chi connectivity index (χ4v) is 4.32. The normalized spacial score (nSPS) is 13.2. The molecule has 34 heavy (non-hydrogen) atoms. The maximum absolute atomic E-state index is 14.0. The second-order valence-electron chi connectivity index (χ2n) is 8.11. The topological polar surface area (TPSA) is 88.4 Å². The van der Waals surface area contributed by atoms with Gasteiger partial charge in [0.2, 0.25) is 5.91 Å². The highest BCUT2D eigenvalue weighted by Crippen LogP contribution is 2.30. The summed E-state index contributed by atoms with van der Waals surface area (Å²) in [5.74, 6) is -1.75. The van der Waals surface area contributed by atoms with E-state index >= 15 is 0 Å². The van der Waals surface area contributed by atoms with Crippen molar-refractivity contribution in [1.29, 1.82) is 0 Å². The van der Waals surface area contributed by atoms with Gasteiger partial charge in [-0.1, -0.05) is 6.07 Å². The van der Waals surface area contributed by atoms with Crippen LogP contribution < -0.4 is 0 Å². The summed E-state index contributed by atoms with van der Waals surface area (Å²) < 4.78 is 38.3. The minimum Gasteiger partial charge on any atom is -0.465 e. The van der Waals surface area contributed by atoms with E-state index in [1.54, 1.807) is 17.0 Å². The molecule has 7 nitrogen and oxygen atoms in total. The molecule has 0 saturated heterocycles. The number of hydrogen-bond donors (Lipinski definition) is 1. The van der Waals surface area contributed by atoms with Gasteiger partial charge in [-0.3, -0.25) is 4.79 Å². The summed E-state index contributed by atoms with van der Waals surface area (Å²) >= 11 is 0. The molecule has 4 aromatic rings. The number of rotatable bonds is 5. The van der Waals surface area contributed by atoms with Crippen molar-refractivity contribution in [2.45, 2.75) is 25.8 Å². The number of methoxy groups -OCH3 is 1. The van der Waals surface area contributed by atoms with E-state index in [-0.39, 0.29) is 36.0 Å². The average molecular weight is 465 g/mol. The highest BCUT2D eigenvalue weighted by atomic mass is 19.1. The minimum absolute atomic E-state index is 0.0131. The Balaban J connectivity index is 1.28. The van der Waals surface area contributed by atoms with E-state index in [0.29, 0.717) is 25.1 Å². The van der Waals surface area contributed by atoms with Crippen LogP contribution >= 0.6 is 0 Å². The van der Waals surface area contributed by atoms with Crippen molar-refractivity contribution in [2.24, 2.45) is 0 Å². The molecule has 9 heteroatoms. The largest absolute Gasteiger partial charge is 0.465 e. The zero-order valence-corrected chi connectivity index (χ0v) is 18.4. The van der Waals surface area contributed by atoms with E-state index in [1.807, 2.05) is 6.07 Å². The number of ether oxygens (including phenoxy) is 1. The van der Waals surface area contributed by atoms with E-state index in [9.17, 15) is 18.4 Å². The molecule has 0 spiro atoms. The predicted molar refractivity (Wildman–Crippen MR) is 119 cm³/mol. The second-order valence-corrected chi connectivity index (χ2v) is 8.11. The van der Waals surface area contributed by atoms with Crippen LogP contribution in [0.25, 0.3) is 22.2 Å². The zero-order valence-electron chi connectivity index (χ0n) is 18.4. The molecule has 0 saturated carbocycles. The number of benzene rings is 2. The summed E-state index contributed by atoms with van der Waals surface area (Å²) in [5.41, 5.74) is 3.10. The van der Waals surface area contributed by atoms with Crippen LogP contribution in [-0.4, -0.2) is 40.4 Å². The standard InChI is InChI=1S/C25H21F2N3O4/c1-33-25(32)14-5-6-19-15(11-14)16-13-30(10-9-20(16)29-19)23(31)8-7-22-28-12-21(34-22)24-17(26)3-2-4-18(24)27/h2-6,11-12,29H,7-10,13H2,1H3. The van der Waals surface area contributed by atoms with Crippen molar-refractivity contribution in [3.8, 4) is 11.3 Å². The summed E-state index contributed by atoms with van der Waals surface area (Å²) in [6.07, 6.45) is 2.28. The maximum atomic E-state index is 14.0. The van der Waals surface area contributed by atoms with E-state index in [0.717, 1.165) is 34.3 Å². The molecule has 3 heterocycles. The lowest BCUT2D eigenvalue weighted by atomic mass is 10.0. The van der Waals surface area contributed by atoms with E-state index in [1.165, 1.54) is 19.4 Å². The van der Waals surface area contributed by atoms with Crippen LogP contribution in [0.1, 0.15) is 33.9 Å². The molecule has 0 radical (unpaired) electrons. The van der Waals surface area contributed by atoms with Gasteiger partial charge in [0, 0.05) is 54.5 Å². The van der Waals surface area contributed by atoms with Gasteiger partial charge >= 0.3 is 5.97 Å². The van der Waals surface area contributed by atoms with Crippen LogP contribution in [0.4, 0.5) is 8.78 Å². The average Bonchev–Trinajstić information content (AvgIpc) is 3.45. The number of fused-ring (bicyclic) bond motifs is 3. The molecule has 1 aliphatic heterocycles. The van der Waals surface area contributed by atoms with Gasteiger partial charge in [0.15, 0.2) is 11.7 Å². The molecule has 0 atom stereocenters. The number of hydrogen-bond acceptors (Lipinski definition) is 5. The monoisotopic (exact) mass is 465 g/mol. The summed E-state index contributed by atoms with van der Waals surface area (Å²) in [6.45, 7) is 0.968. The number of aromatic nitrogens is 2. The molecule has 1 N–H and O–H groups in total. The Labute approximate surface area is 193 Å². The Morgan fingerprint density at radius 1 is 1.21 bits per heavy atom. The van der Waals surface area contributed by atoms with Crippen molar-refractivity contribution in [3.05, 3.63) is 76.9 Å². The van der Waals surface area contributed by atoms with Crippen molar-refractivity contribution >= 4 is 22.8 Å². The first kappa shape index (κ1) is 21.8. The number of oxazole rings is 1. The van der Waals surface area contributed by atoms with Crippen molar-refractivity contribution in [2.75, 3.05) is 13.7 Å². The van der Waals surface area contributed by atoms with E-state index < -0.39 is 17.6 Å². The third kappa shape index (κ3) is 3.93. The fourth-order valence-electron chi connectivity index (χ4n) is 4.32. The minimum atomic E-state index is -0.739. The number of amides is 1. The second kappa shape index (κ2) is 8.74. The summed E-state index contributed by atoms with van der Waals surface area (Å²) in [6, 6.07) is 8.89. The molecule has 0 aliphatic carbocycles. The van der Waals surface area contributed by atoms with Crippen LogP contribution in [0.15, 0.2) is 47.0 Å². The van der Waals surface area contributed by atoms with Crippen molar-refractivity contribution in [1.82, 2.24) is 14.9 Å². The molecule has 0 fully saturated rings. The summed E-state index contributed by atoms with van der Waals surface area (Å²) in [4.78, 5) is 34.0. The predicted octanol–water partition coefficient (Wildman–Crippen LogP) is 4.41. The molecular formula is C25H21F2N3O4. The quantitative estimate of drug-likeness (QED) is 0.441. The number of esters is 1. The third-order valence-corrected chi connectivity index (χ3v) is 6.06. The van der Waals surface area contributed by atoms with Crippen molar-refractivity contribution < 1.29 is 27.5 Å². The van der Waals surface area contributed by atoms with Gasteiger partial charge in [-0.2, -0.15) is 0 Å². The Bertz CT molecular complexity index is 1390. The van der Waals surface area contributed by atoms with Crippen LogP contribution in [0.3, 0.4) is 0 Å². The van der Waals surface area contributed by atoms with Crippen LogP contribution in [-0.2, 0) is 28.9 Å². The number of H-pyrrole nitrogens is 1. The Hall–Kier alpha value is -4.01.